The van der Waals surface area contributed by atoms with E-state index in [4.69, 9.17) is 9.47 Å². The summed E-state index contributed by atoms with van der Waals surface area (Å²) >= 11 is 0. The first-order valence-electron chi connectivity index (χ1n) is 8.59. The molecule has 1 fully saturated rings. The molecule has 1 N–H and O–H groups in total. The summed E-state index contributed by atoms with van der Waals surface area (Å²) in [5.74, 6) is 1.57. The Hall–Kier alpha value is -2.69. The van der Waals surface area contributed by atoms with Crippen molar-refractivity contribution >= 4 is 11.6 Å². The molecule has 0 bridgehead atoms. The maximum atomic E-state index is 12.0. The number of nitrogens with zero attached hydrogens (tertiary/aromatic N) is 1. The fraction of sp³-hybridized carbons (Fsp3) is 0.350. The van der Waals surface area contributed by atoms with E-state index in [9.17, 15) is 4.79 Å². The van der Waals surface area contributed by atoms with Gasteiger partial charge in [0.2, 0.25) is 0 Å². The van der Waals surface area contributed by atoms with Crippen LogP contribution in [-0.4, -0.2) is 39.3 Å². The van der Waals surface area contributed by atoms with Crippen LogP contribution in [0.2, 0.25) is 0 Å². The number of hydrogen-bond acceptors (Lipinski definition) is 4. The van der Waals surface area contributed by atoms with E-state index in [0.717, 1.165) is 19.5 Å². The molecule has 0 radical (unpaired) electrons. The Kier molecular flexibility index (Phi) is 5.77. The Bertz CT molecular complexity index is 690. The lowest BCUT2D eigenvalue weighted by molar-refractivity contribution is -0.123. The molecular weight excluding hydrogens is 316 g/mol. The fourth-order valence-electron chi connectivity index (χ4n) is 3.06. The number of carbonyl (C=O) groups excluding carboxylic acids is 1. The second kappa shape index (κ2) is 8.42. The van der Waals surface area contributed by atoms with Gasteiger partial charge < -0.3 is 19.7 Å². The van der Waals surface area contributed by atoms with Gasteiger partial charge in [0.05, 0.1) is 7.11 Å². The quantitative estimate of drug-likeness (QED) is 0.842. The smallest absolute Gasteiger partial charge is 0.257 e. The Labute approximate surface area is 148 Å². The molecule has 5 nitrogen and oxygen atoms in total. The van der Waals surface area contributed by atoms with E-state index in [1.165, 1.54) is 5.69 Å². The highest BCUT2D eigenvalue weighted by molar-refractivity contribution is 5.77. The third-order valence-electron chi connectivity index (χ3n) is 4.42. The first-order valence-corrected chi connectivity index (χ1v) is 8.59. The van der Waals surface area contributed by atoms with E-state index in [-0.39, 0.29) is 12.5 Å². The zero-order chi connectivity index (χ0) is 17.5. The minimum absolute atomic E-state index is 0.00447. The molecule has 1 unspecified atom stereocenters. The van der Waals surface area contributed by atoms with Gasteiger partial charge in [0, 0.05) is 25.3 Å². The minimum atomic E-state index is -0.107. The highest BCUT2D eigenvalue weighted by atomic mass is 16.5. The molecule has 2 aromatic carbocycles. The molecule has 0 saturated carbocycles. The number of methoxy groups -OCH3 is 1. The largest absolute Gasteiger partial charge is 0.493 e. The fourth-order valence-corrected chi connectivity index (χ4v) is 3.06. The normalized spacial score (nSPS) is 16.5. The van der Waals surface area contributed by atoms with Crippen LogP contribution in [0.4, 0.5) is 5.69 Å². The molecule has 2 aromatic rings. The molecule has 1 aliphatic rings. The Morgan fingerprint density at radius 1 is 1.12 bits per heavy atom. The predicted octanol–water partition coefficient (Wildman–Crippen LogP) is 2.72. The molecule has 1 atom stereocenters. The van der Waals surface area contributed by atoms with E-state index in [2.05, 4.69) is 34.5 Å². The Balaban J connectivity index is 1.41. The van der Waals surface area contributed by atoms with Crippen molar-refractivity contribution in [3.8, 4) is 11.5 Å². The number of carbonyl (C=O) groups is 1. The van der Waals surface area contributed by atoms with Crippen LogP contribution in [0, 0.1) is 5.92 Å². The molecule has 132 valence electrons. The SMILES string of the molecule is COc1ccccc1OCC(=O)NCC1CCN(c2ccccc2)C1. The molecule has 25 heavy (non-hydrogen) atoms. The molecule has 5 heteroatoms. The van der Waals surface area contributed by atoms with E-state index < -0.39 is 0 Å². The Morgan fingerprint density at radius 3 is 2.60 bits per heavy atom. The summed E-state index contributed by atoms with van der Waals surface area (Å²) in [5, 5.41) is 2.97. The van der Waals surface area contributed by atoms with Gasteiger partial charge in [-0.3, -0.25) is 4.79 Å². The van der Waals surface area contributed by atoms with Crippen molar-refractivity contribution < 1.29 is 14.3 Å². The van der Waals surface area contributed by atoms with Crippen LogP contribution in [-0.2, 0) is 4.79 Å². The standard InChI is InChI=1S/C20H24N2O3/c1-24-18-9-5-6-10-19(18)25-15-20(23)21-13-16-11-12-22(14-16)17-7-3-2-4-8-17/h2-10,16H,11-15H2,1H3,(H,21,23). The van der Waals surface area contributed by atoms with Crippen molar-refractivity contribution in [1.29, 1.82) is 0 Å². The topological polar surface area (TPSA) is 50.8 Å². The van der Waals surface area contributed by atoms with E-state index >= 15 is 0 Å². The van der Waals surface area contributed by atoms with Gasteiger partial charge in [-0.15, -0.1) is 0 Å². The van der Waals surface area contributed by atoms with E-state index in [1.807, 2.05) is 24.3 Å². The van der Waals surface area contributed by atoms with Crippen LogP contribution in [0.1, 0.15) is 6.42 Å². The van der Waals surface area contributed by atoms with Gasteiger partial charge >= 0.3 is 0 Å². The van der Waals surface area contributed by atoms with Crippen molar-refractivity contribution in [2.24, 2.45) is 5.92 Å². The Morgan fingerprint density at radius 2 is 1.84 bits per heavy atom. The second-order valence-electron chi connectivity index (χ2n) is 6.18. The molecule has 1 amide bonds. The molecule has 3 rings (SSSR count). The zero-order valence-electron chi connectivity index (χ0n) is 14.5. The van der Waals surface area contributed by atoms with Crippen molar-refractivity contribution in [2.75, 3.05) is 38.3 Å². The number of ether oxygens (including phenoxy) is 2. The van der Waals surface area contributed by atoms with Crippen LogP contribution in [0.5, 0.6) is 11.5 Å². The summed E-state index contributed by atoms with van der Waals surface area (Å²) in [7, 11) is 1.58. The molecule has 1 aliphatic heterocycles. The number of benzene rings is 2. The summed E-state index contributed by atoms with van der Waals surface area (Å²) in [6, 6.07) is 17.7. The molecular formula is C20H24N2O3. The van der Waals surface area contributed by atoms with E-state index in [1.54, 1.807) is 13.2 Å². The molecule has 0 aromatic heterocycles. The van der Waals surface area contributed by atoms with Crippen molar-refractivity contribution in [3.05, 3.63) is 54.6 Å². The lowest BCUT2D eigenvalue weighted by Gasteiger charge is -2.18. The third-order valence-corrected chi connectivity index (χ3v) is 4.42. The van der Waals surface area contributed by atoms with Crippen molar-refractivity contribution in [1.82, 2.24) is 5.32 Å². The van der Waals surface area contributed by atoms with Crippen molar-refractivity contribution in [2.45, 2.75) is 6.42 Å². The number of para-hydroxylation sites is 3. The van der Waals surface area contributed by atoms with Crippen LogP contribution in [0.15, 0.2) is 54.6 Å². The lowest BCUT2D eigenvalue weighted by Crippen LogP contribution is -2.34. The number of anilines is 1. The van der Waals surface area contributed by atoms with Crippen LogP contribution < -0.4 is 19.7 Å². The van der Waals surface area contributed by atoms with Gasteiger partial charge in [0.1, 0.15) is 0 Å². The highest BCUT2D eigenvalue weighted by Crippen LogP contribution is 2.25. The monoisotopic (exact) mass is 340 g/mol. The lowest BCUT2D eigenvalue weighted by atomic mass is 10.1. The maximum Gasteiger partial charge on any atom is 0.257 e. The zero-order valence-corrected chi connectivity index (χ0v) is 14.5. The summed E-state index contributed by atoms with van der Waals surface area (Å²) in [6.07, 6.45) is 1.09. The van der Waals surface area contributed by atoms with Gasteiger partial charge in [-0.25, -0.2) is 0 Å². The summed E-state index contributed by atoms with van der Waals surface area (Å²) in [5.41, 5.74) is 1.25. The van der Waals surface area contributed by atoms with Crippen LogP contribution >= 0.6 is 0 Å². The van der Waals surface area contributed by atoms with E-state index in [0.29, 0.717) is 24.0 Å². The number of nitrogens with one attached hydrogen (secondary N) is 1. The first-order chi connectivity index (χ1) is 12.3. The number of rotatable bonds is 7. The average molecular weight is 340 g/mol. The number of amides is 1. The summed E-state index contributed by atoms with van der Waals surface area (Å²) < 4.78 is 10.8. The van der Waals surface area contributed by atoms with Gasteiger partial charge in [0.25, 0.3) is 5.91 Å². The summed E-state index contributed by atoms with van der Waals surface area (Å²) in [4.78, 5) is 14.4. The minimum Gasteiger partial charge on any atom is -0.493 e. The second-order valence-corrected chi connectivity index (χ2v) is 6.18. The molecule has 0 aliphatic carbocycles. The van der Waals surface area contributed by atoms with Gasteiger partial charge in [0.15, 0.2) is 18.1 Å². The van der Waals surface area contributed by atoms with Gasteiger partial charge in [-0.05, 0) is 36.6 Å². The van der Waals surface area contributed by atoms with Crippen molar-refractivity contribution in [3.63, 3.8) is 0 Å². The molecule has 1 saturated heterocycles. The van der Waals surface area contributed by atoms with Crippen LogP contribution in [0.25, 0.3) is 0 Å². The van der Waals surface area contributed by atoms with Gasteiger partial charge in [-0.1, -0.05) is 30.3 Å². The highest BCUT2D eigenvalue weighted by Gasteiger charge is 2.23. The first kappa shape index (κ1) is 17.1. The third kappa shape index (κ3) is 4.66. The maximum absolute atomic E-state index is 12.0. The number of hydrogen-bond donors (Lipinski definition) is 1. The van der Waals surface area contributed by atoms with Gasteiger partial charge in [-0.2, -0.15) is 0 Å². The molecule has 0 spiro atoms. The van der Waals surface area contributed by atoms with Crippen LogP contribution in [0.3, 0.4) is 0 Å². The summed E-state index contributed by atoms with van der Waals surface area (Å²) in [6.45, 7) is 2.67. The molecule has 1 heterocycles. The average Bonchev–Trinajstić information content (AvgIpc) is 3.14. The predicted molar refractivity (Wildman–Crippen MR) is 98.3 cm³/mol.